The molecule has 0 radical (unpaired) electrons. The van der Waals surface area contributed by atoms with Gasteiger partial charge in [0, 0.05) is 0 Å². The van der Waals surface area contributed by atoms with Crippen molar-refractivity contribution in [3.63, 3.8) is 0 Å². The normalized spacial score (nSPS) is 18.6. The summed E-state index contributed by atoms with van der Waals surface area (Å²) in [6.45, 7) is 16.0. The summed E-state index contributed by atoms with van der Waals surface area (Å²) in [5.41, 5.74) is 1.78. The van der Waals surface area contributed by atoms with Crippen LogP contribution in [0.4, 0.5) is 0 Å². The molecule has 1 fully saturated rings. The van der Waals surface area contributed by atoms with E-state index >= 15 is 0 Å². The zero-order valence-corrected chi connectivity index (χ0v) is 20.4. The molecular formula is C26H46NO3+. The van der Waals surface area contributed by atoms with Gasteiger partial charge in [-0.25, -0.2) is 0 Å². The number of ether oxygens (including phenoxy) is 2. The van der Waals surface area contributed by atoms with Gasteiger partial charge >= 0.3 is 0 Å². The number of benzene rings is 1. The SMILES string of the molecule is CC(C)(C)CC(C)(C)c1ccc(OCCOC[C@H](O)C[N+]2(C)CCCCCC2)cc1. The standard InChI is InChI=1S/C26H46NO3/c1-25(2,3)21-26(4,5)22-11-13-24(14-12-22)30-18-17-29-20-23(28)19-27(6)15-9-7-8-10-16-27/h11-14,23,28H,7-10,15-21H2,1-6H3/q+1/t23-/m1/s1. The van der Waals surface area contributed by atoms with E-state index in [0.29, 0.717) is 25.2 Å². The Morgan fingerprint density at radius 1 is 0.933 bits per heavy atom. The number of hydrogen-bond acceptors (Lipinski definition) is 3. The molecule has 172 valence electrons. The Hall–Kier alpha value is -1.10. The van der Waals surface area contributed by atoms with Crippen LogP contribution >= 0.6 is 0 Å². The summed E-state index contributed by atoms with van der Waals surface area (Å²) in [4.78, 5) is 0. The molecule has 1 aromatic carbocycles. The first-order valence-corrected chi connectivity index (χ1v) is 11.8. The fourth-order valence-corrected chi connectivity index (χ4v) is 5.06. The van der Waals surface area contributed by atoms with Gasteiger partial charge in [-0.15, -0.1) is 0 Å². The number of aliphatic hydroxyl groups excluding tert-OH is 1. The van der Waals surface area contributed by atoms with Crippen molar-refractivity contribution < 1.29 is 19.1 Å². The number of hydrogen-bond donors (Lipinski definition) is 1. The third-order valence-electron chi connectivity index (χ3n) is 6.21. The van der Waals surface area contributed by atoms with E-state index in [1.54, 1.807) is 0 Å². The summed E-state index contributed by atoms with van der Waals surface area (Å²) in [5.74, 6) is 0.872. The van der Waals surface area contributed by atoms with E-state index in [9.17, 15) is 5.11 Å². The molecule has 0 bridgehead atoms. The Morgan fingerprint density at radius 2 is 1.53 bits per heavy atom. The van der Waals surface area contributed by atoms with E-state index < -0.39 is 6.10 Å². The summed E-state index contributed by atoms with van der Waals surface area (Å²) in [5, 5.41) is 10.4. The Morgan fingerprint density at radius 3 is 2.10 bits per heavy atom. The molecule has 0 amide bonds. The van der Waals surface area contributed by atoms with Crippen molar-refractivity contribution >= 4 is 0 Å². The van der Waals surface area contributed by atoms with Crippen molar-refractivity contribution in [3.8, 4) is 5.75 Å². The molecule has 1 aromatic rings. The predicted octanol–water partition coefficient (Wildman–Crippen LogP) is 5.18. The molecule has 2 rings (SSSR count). The van der Waals surface area contributed by atoms with Crippen molar-refractivity contribution in [3.05, 3.63) is 29.8 Å². The molecule has 1 atom stereocenters. The molecule has 30 heavy (non-hydrogen) atoms. The van der Waals surface area contributed by atoms with Gasteiger partial charge in [0.1, 0.15) is 25.0 Å². The van der Waals surface area contributed by atoms with Gasteiger partial charge in [0.05, 0.1) is 33.4 Å². The first-order valence-electron chi connectivity index (χ1n) is 11.8. The van der Waals surface area contributed by atoms with Crippen molar-refractivity contribution in [1.82, 2.24) is 0 Å². The average Bonchev–Trinajstić information content (AvgIpc) is 2.84. The lowest BCUT2D eigenvalue weighted by atomic mass is 9.72. The maximum absolute atomic E-state index is 10.4. The van der Waals surface area contributed by atoms with Crippen LogP contribution in [0.2, 0.25) is 0 Å². The Balaban J connectivity index is 1.68. The van der Waals surface area contributed by atoms with Gasteiger partial charge in [0.15, 0.2) is 0 Å². The fourth-order valence-electron chi connectivity index (χ4n) is 5.06. The molecular weight excluding hydrogens is 374 g/mol. The molecule has 4 nitrogen and oxygen atoms in total. The molecule has 0 saturated carbocycles. The van der Waals surface area contributed by atoms with Gasteiger partial charge in [0.2, 0.25) is 0 Å². The highest BCUT2D eigenvalue weighted by Gasteiger charge is 2.28. The van der Waals surface area contributed by atoms with Crippen molar-refractivity contribution in [2.24, 2.45) is 5.41 Å². The van der Waals surface area contributed by atoms with E-state index in [4.69, 9.17) is 9.47 Å². The van der Waals surface area contributed by atoms with Crippen LogP contribution in [0.3, 0.4) is 0 Å². The van der Waals surface area contributed by atoms with Crippen LogP contribution in [0.1, 0.15) is 72.3 Å². The summed E-state index contributed by atoms with van der Waals surface area (Å²) in [6.07, 6.45) is 5.92. The van der Waals surface area contributed by atoms with Crippen LogP contribution in [0, 0.1) is 5.41 Å². The van der Waals surface area contributed by atoms with Crippen molar-refractivity contribution in [2.75, 3.05) is 46.5 Å². The molecule has 0 aliphatic carbocycles. The quantitative estimate of drug-likeness (QED) is 0.419. The van der Waals surface area contributed by atoms with E-state index in [0.717, 1.165) is 23.2 Å². The molecule has 4 heteroatoms. The number of aliphatic hydroxyl groups is 1. The maximum atomic E-state index is 10.4. The first-order chi connectivity index (χ1) is 14.0. The van der Waals surface area contributed by atoms with Crippen LogP contribution in [0.15, 0.2) is 24.3 Å². The molecule has 0 spiro atoms. The highest BCUT2D eigenvalue weighted by molar-refractivity contribution is 5.31. The summed E-state index contributed by atoms with van der Waals surface area (Å²) < 4.78 is 12.5. The van der Waals surface area contributed by atoms with Crippen LogP contribution in [-0.2, 0) is 10.2 Å². The minimum Gasteiger partial charge on any atom is -0.491 e. The van der Waals surface area contributed by atoms with Gasteiger partial charge in [-0.2, -0.15) is 0 Å². The predicted molar refractivity (Wildman–Crippen MR) is 125 cm³/mol. The van der Waals surface area contributed by atoms with Crippen LogP contribution in [0.25, 0.3) is 0 Å². The number of rotatable bonds is 10. The lowest BCUT2D eigenvalue weighted by Gasteiger charge is -2.35. The van der Waals surface area contributed by atoms with Gasteiger partial charge in [0.25, 0.3) is 0 Å². The lowest BCUT2D eigenvalue weighted by molar-refractivity contribution is -0.911. The van der Waals surface area contributed by atoms with Crippen molar-refractivity contribution in [2.45, 2.75) is 78.2 Å². The number of quaternary nitrogens is 1. The van der Waals surface area contributed by atoms with E-state index in [-0.39, 0.29) is 5.41 Å². The Kier molecular flexibility index (Phi) is 9.20. The summed E-state index contributed by atoms with van der Waals surface area (Å²) >= 11 is 0. The van der Waals surface area contributed by atoms with Crippen LogP contribution in [-0.4, -0.2) is 62.2 Å². The van der Waals surface area contributed by atoms with Gasteiger partial charge in [-0.05, 0) is 60.6 Å². The molecule has 0 unspecified atom stereocenters. The molecule has 1 aliphatic rings. The fraction of sp³-hybridized carbons (Fsp3) is 0.769. The van der Waals surface area contributed by atoms with Crippen LogP contribution in [0.5, 0.6) is 5.75 Å². The molecule has 1 heterocycles. The molecule has 1 aliphatic heterocycles. The second-order valence-electron chi connectivity index (χ2n) is 11.4. The third-order valence-corrected chi connectivity index (χ3v) is 6.21. The number of likely N-dealkylation sites (tertiary alicyclic amines) is 1. The van der Waals surface area contributed by atoms with Crippen molar-refractivity contribution in [1.29, 1.82) is 0 Å². The second-order valence-corrected chi connectivity index (χ2v) is 11.4. The maximum Gasteiger partial charge on any atom is 0.126 e. The largest absolute Gasteiger partial charge is 0.491 e. The minimum atomic E-state index is -0.405. The Bertz CT molecular complexity index is 610. The topological polar surface area (TPSA) is 38.7 Å². The van der Waals surface area contributed by atoms with Gasteiger partial charge < -0.3 is 19.1 Å². The van der Waals surface area contributed by atoms with Gasteiger partial charge in [-0.1, -0.05) is 46.8 Å². The summed E-state index contributed by atoms with van der Waals surface area (Å²) in [7, 11) is 2.27. The number of nitrogens with zero attached hydrogens (tertiary/aromatic N) is 1. The van der Waals surface area contributed by atoms with Crippen LogP contribution < -0.4 is 4.74 Å². The minimum absolute atomic E-state index is 0.141. The zero-order chi connectivity index (χ0) is 22.3. The lowest BCUT2D eigenvalue weighted by Crippen LogP contribution is -2.50. The Labute approximate surface area is 185 Å². The highest BCUT2D eigenvalue weighted by atomic mass is 16.5. The number of likely N-dealkylation sites (N-methyl/N-ethyl adjacent to an activating group) is 1. The van der Waals surface area contributed by atoms with E-state index in [1.165, 1.54) is 44.3 Å². The average molecular weight is 421 g/mol. The highest BCUT2D eigenvalue weighted by Crippen LogP contribution is 2.36. The molecule has 1 N–H and O–H groups in total. The van der Waals surface area contributed by atoms with Gasteiger partial charge in [-0.3, -0.25) is 0 Å². The zero-order valence-electron chi connectivity index (χ0n) is 20.4. The third kappa shape index (κ3) is 8.95. The van der Waals surface area contributed by atoms with E-state index in [1.807, 2.05) is 0 Å². The smallest absolute Gasteiger partial charge is 0.126 e. The first kappa shape index (κ1) is 25.2. The summed E-state index contributed by atoms with van der Waals surface area (Å²) in [6, 6.07) is 8.46. The molecule has 0 aromatic heterocycles. The second kappa shape index (κ2) is 11.0. The molecule has 1 saturated heterocycles. The van der Waals surface area contributed by atoms with E-state index in [2.05, 4.69) is 65.9 Å². The monoisotopic (exact) mass is 420 g/mol.